The number of hydrogen-bond donors (Lipinski definition) is 1. The lowest BCUT2D eigenvalue weighted by molar-refractivity contribution is 0.0658. The lowest BCUT2D eigenvalue weighted by Gasteiger charge is -2.32. The molecule has 1 aliphatic rings. The fraction of sp³-hybridized carbons (Fsp3) is 0.667. The number of hydrogen-bond acceptors (Lipinski definition) is 5. The van der Waals surface area contributed by atoms with Gasteiger partial charge in [0.05, 0.1) is 12.4 Å². The predicted molar refractivity (Wildman–Crippen MR) is 83.4 cm³/mol. The van der Waals surface area contributed by atoms with Gasteiger partial charge in [-0.3, -0.25) is 4.79 Å². The molecule has 0 atom stereocenters. The van der Waals surface area contributed by atoms with Crippen LogP contribution >= 0.6 is 0 Å². The van der Waals surface area contributed by atoms with Gasteiger partial charge in [0, 0.05) is 32.7 Å². The SMILES string of the molecule is CC(C)CCNc1cnc(C(=O)N2CCN(C)CC2)cn1. The second kappa shape index (κ2) is 7.36. The normalized spacial score (nSPS) is 16.3. The van der Waals surface area contributed by atoms with Crippen LogP contribution in [-0.2, 0) is 0 Å². The zero-order chi connectivity index (χ0) is 15.2. The number of carbonyl (C=O) groups is 1. The molecule has 1 N–H and O–H groups in total. The zero-order valence-corrected chi connectivity index (χ0v) is 13.2. The van der Waals surface area contributed by atoms with Gasteiger partial charge in [-0.25, -0.2) is 9.97 Å². The van der Waals surface area contributed by atoms with Crippen LogP contribution in [0.2, 0.25) is 0 Å². The molecule has 2 heterocycles. The van der Waals surface area contributed by atoms with Crippen LogP contribution in [0.3, 0.4) is 0 Å². The minimum Gasteiger partial charge on any atom is -0.369 e. The lowest BCUT2D eigenvalue weighted by atomic mass is 10.1. The van der Waals surface area contributed by atoms with Crippen molar-refractivity contribution >= 4 is 11.7 Å². The zero-order valence-electron chi connectivity index (χ0n) is 13.2. The summed E-state index contributed by atoms with van der Waals surface area (Å²) < 4.78 is 0. The Hall–Kier alpha value is -1.69. The summed E-state index contributed by atoms with van der Waals surface area (Å²) >= 11 is 0. The van der Waals surface area contributed by atoms with Crippen molar-refractivity contribution in [3.05, 3.63) is 18.1 Å². The molecule has 6 nitrogen and oxygen atoms in total. The molecule has 1 aromatic heterocycles. The van der Waals surface area contributed by atoms with E-state index in [-0.39, 0.29) is 5.91 Å². The van der Waals surface area contributed by atoms with Crippen LogP contribution in [0.4, 0.5) is 5.82 Å². The maximum Gasteiger partial charge on any atom is 0.274 e. The van der Waals surface area contributed by atoms with Gasteiger partial charge < -0.3 is 15.1 Å². The second-order valence-corrected chi connectivity index (χ2v) is 5.99. The number of likely N-dealkylation sites (N-methyl/N-ethyl adjacent to an activating group) is 1. The smallest absolute Gasteiger partial charge is 0.274 e. The Kier molecular flexibility index (Phi) is 5.50. The molecular weight excluding hydrogens is 266 g/mol. The van der Waals surface area contributed by atoms with Crippen LogP contribution < -0.4 is 5.32 Å². The van der Waals surface area contributed by atoms with E-state index >= 15 is 0 Å². The van der Waals surface area contributed by atoms with Gasteiger partial charge in [-0.05, 0) is 19.4 Å². The first-order chi connectivity index (χ1) is 10.1. The first-order valence-corrected chi connectivity index (χ1v) is 7.60. The quantitative estimate of drug-likeness (QED) is 0.886. The van der Waals surface area contributed by atoms with E-state index in [2.05, 4.69) is 41.1 Å². The number of aromatic nitrogens is 2. The van der Waals surface area contributed by atoms with Crippen LogP contribution in [0.1, 0.15) is 30.8 Å². The number of amides is 1. The number of carbonyl (C=O) groups excluding carboxylic acids is 1. The average Bonchev–Trinajstić information content (AvgIpc) is 2.48. The number of piperazine rings is 1. The number of rotatable bonds is 5. The number of nitrogens with zero attached hydrogens (tertiary/aromatic N) is 4. The molecule has 1 aliphatic heterocycles. The Morgan fingerprint density at radius 3 is 2.52 bits per heavy atom. The Balaban J connectivity index is 1.87. The molecule has 0 aliphatic carbocycles. The Labute approximate surface area is 126 Å². The summed E-state index contributed by atoms with van der Waals surface area (Å²) in [6.07, 6.45) is 4.30. The van der Waals surface area contributed by atoms with E-state index in [0.717, 1.165) is 45.0 Å². The van der Waals surface area contributed by atoms with E-state index in [9.17, 15) is 4.79 Å². The molecule has 1 fully saturated rings. The molecule has 6 heteroatoms. The van der Waals surface area contributed by atoms with Crippen molar-refractivity contribution in [3.8, 4) is 0 Å². The van der Waals surface area contributed by atoms with Gasteiger partial charge in [0.2, 0.25) is 0 Å². The molecule has 1 amide bonds. The second-order valence-electron chi connectivity index (χ2n) is 5.99. The Bertz CT molecular complexity index is 452. The first-order valence-electron chi connectivity index (χ1n) is 7.60. The van der Waals surface area contributed by atoms with E-state index in [1.807, 2.05) is 4.90 Å². The fourth-order valence-corrected chi connectivity index (χ4v) is 2.19. The molecule has 0 spiro atoms. The molecule has 0 aromatic carbocycles. The molecule has 0 unspecified atom stereocenters. The maximum absolute atomic E-state index is 12.3. The van der Waals surface area contributed by atoms with Crippen molar-refractivity contribution in [1.82, 2.24) is 19.8 Å². The monoisotopic (exact) mass is 291 g/mol. The summed E-state index contributed by atoms with van der Waals surface area (Å²) in [4.78, 5) is 24.9. The van der Waals surface area contributed by atoms with Crippen molar-refractivity contribution in [1.29, 1.82) is 0 Å². The highest BCUT2D eigenvalue weighted by Crippen LogP contribution is 2.08. The van der Waals surface area contributed by atoms with Crippen LogP contribution in [0.15, 0.2) is 12.4 Å². The summed E-state index contributed by atoms with van der Waals surface area (Å²) in [7, 11) is 2.07. The van der Waals surface area contributed by atoms with E-state index in [1.54, 1.807) is 12.4 Å². The lowest BCUT2D eigenvalue weighted by Crippen LogP contribution is -2.47. The number of anilines is 1. The van der Waals surface area contributed by atoms with Gasteiger partial charge in [0.15, 0.2) is 0 Å². The Morgan fingerprint density at radius 1 is 1.24 bits per heavy atom. The largest absolute Gasteiger partial charge is 0.369 e. The molecule has 0 saturated carbocycles. The first kappa shape index (κ1) is 15.7. The van der Waals surface area contributed by atoms with Crippen molar-refractivity contribution in [2.75, 3.05) is 45.1 Å². The molecule has 0 bridgehead atoms. The summed E-state index contributed by atoms with van der Waals surface area (Å²) in [5.74, 6) is 1.36. The highest BCUT2D eigenvalue weighted by Gasteiger charge is 2.21. The molecule has 21 heavy (non-hydrogen) atoms. The van der Waals surface area contributed by atoms with E-state index in [1.165, 1.54) is 0 Å². The minimum atomic E-state index is -0.0238. The third kappa shape index (κ3) is 4.67. The molecule has 1 saturated heterocycles. The van der Waals surface area contributed by atoms with Crippen LogP contribution in [0.25, 0.3) is 0 Å². The molecule has 0 radical (unpaired) electrons. The Morgan fingerprint density at radius 2 is 1.95 bits per heavy atom. The third-order valence-electron chi connectivity index (χ3n) is 3.69. The fourth-order valence-electron chi connectivity index (χ4n) is 2.19. The van der Waals surface area contributed by atoms with Gasteiger partial charge in [-0.1, -0.05) is 13.8 Å². The topological polar surface area (TPSA) is 61.4 Å². The van der Waals surface area contributed by atoms with Crippen molar-refractivity contribution < 1.29 is 4.79 Å². The van der Waals surface area contributed by atoms with E-state index in [4.69, 9.17) is 0 Å². The van der Waals surface area contributed by atoms with Crippen LogP contribution in [0, 0.1) is 5.92 Å². The van der Waals surface area contributed by atoms with E-state index in [0.29, 0.717) is 11.6 Å². The molecular formula is C15H25N5O. The molecule has 116 valence electrons. The molecule has 1 aromatic rings. The average molecular weight is 291 g/mol. The van der Waals surface area contributed by atoms with Crippen molar-refractivity contribution in [2.45, 2.75) is 20.3 Å². The molecule has 2 rings (SSSR count). The van der Waals surface area contributed by atoms with E-state index < -0.39 is 0 Å². The standard InChI is InChI=1S/C15H25N5O/c1-12(2)4-5-16-14-11-17-13(10-18-14)15(21)20-8-6-19(3)7-9-20/h10-12H,4-9H2,1-3H3,(H,16,18). The van der Waals surface area contributed by atoms with Gasteiger partial charge in [0.1, 0.15) is 11.5 Å². The number of nitrogens with one attached hydrogen (secondary N) is 1. The van der Waals surface area contributed by atoms with Gasteiger partial charge in [-0.2, -0.15) is 0 Å². The van der Waals surface area contributed by atoms with Gasteiger partial charge in [-0.15, -0.1) is 0 Å². The minimum absolute atomic E-state index is 0.0238. The van der Waals surface area contributed by atoms with Gasteiger partial charge >= 0.3 is 0 Å². The summed E-state index contributed by atoms with van der Waals surface area (Å²) in [5.41, 5.74) is 0.425. The summed E-state index contributed by atoms with van der Waals surface area (Å²) in [5, 5.41) is 3.22. The summed E-state index contributed by atoms with van der Waals surface area (Å²) in [6, 6.07) is 0. The summed E-state index contributed by atoms with van der Waals surface area (Å²) in [6.45, 7) is 8.58. The van der Waals surface area contributed by atoms with Crippen LogP contribution in [-0.4, -0.2) is 65.4 Å². The highest BCUT2D eigenvalue weighted by atomic mass is 16.2. The maximum atomic E-state index is 12.3. The van der Waals surface area contributed by atoms with Crippen LogP contribution in [0.5, 0.6) is 0 Å². The van der Waals surface area contributed by atoms with Crippen molar-refractivity contribution in [3.63, 3.8) is 0 Å². The third-order valence-corrected chi connectivity index (χ3v) is 3.69. The van der Waals surface area contributed by atoms with Gasteiger partial charge in [0.25, 0.3) is 5.91 Å². The van der Waals surface area contributed by atoms with Crippen molar-refractivity contribution in [2.24, 2.45) is 5.92 Å². The predicted octanol–water partition coefficient (Wildman–Crippen LogP) is 1.32. The highest BCUT2D eigenvalue weighted by molar-refractivity contribution is 5.92.